The van der Waals surface area contributed by atoms with Gasteiger partial charge in [-0.25, -0.2) is 4.79 Å². The first kappa shape index (κ1) is 12.8. The Kier molecular flexibility index (Phi) is 5.04. The molecule has 2 atom stereocenters. The van der Waals surface area contributed by atoms with Crippen molar-refractivity contribution >= 4 is 12.0 Å². The standard InChI is InChI=1S/C10H18N2O4/c1-2-8-7(3-4-16-8)5-11-10(15)12-6-9(13)14/h7-8H,2-6H2,1H3,(H,13,14)(H2,11,12,15). The highest BCUT2D eigenvalue weighted by Crippen LogP contribution is 2.22. The second-order valence-corrected chi connectivity index (χ2v) is 3.82. The number of rotatable bonds is 5. The van der Waals surface area contributed by atoms with Crippen LogP contribution in [0.15, 0.2) is 0 Å². The van der Waals surface area contributed by atoms with Crippen molar-refractivity contribution in [2.45, 2.75) is 25.9 Å². The van der Waals surface area contributed by atoms with Crippen molar-refractivity contribution in [2.24, 2.45) is 5.92 Å². The van der Waals surface area contributed by atoms with Gasteiger partial charge in [0.05, 0.1) is 6.10 Å². The van der Waals surface area contributed by atoms with E-state index < -0.39 is 12.0 Å². The molecular formula is C10H18N2O4. The van der Waals surface area contributed by atoms with Crippen molar-refractivity contribution in [3.05, 3.63) is 0 Å². The van der Waals surface area contributed by atoms with Gasteiger partial charge in [0.2, 0.25) is 0 Å². The molecule has 1 aliphatic heterocycles. The molecule has 1 fully saturated rings. The van der Waals surface area contributed by atoms with Gasteiger partial charge in [-0.3, -0.25) is 4.79 Å². The molecule has 16 heavy (non-hydrogen) atoms. The van der Waals surface area contributed by atoms with Crippen LogP contribution in [0.5, 0.6) is 0 Å². The summed E-state index contributed by atoms with van der Waals surface area (Å²) in [6.07, 6.45) is 2.08. The molecule has 0 aromatic rings. The number of amides is 2. The van der Waals surface area contributed by atoms with E-state index in [1.54, 1.807) is 0 Å². The van der Waals surface area contributed by atoms with Gasteiger partial charge < -0.3 is 20.5 Å². The summed E-state index contributed by atoms with van der Waals surface area (Å²) in [5.41, 5.74) is 0. The smallest absolute Gasteiger partial charge is 0.323 e. The first-order valence-electron chi connectivity index (χ1n) is 5.48. The number of aliphatic carboxylic acids is 1. The maximum absolute atomic E-state index is 11.2. The lowest BCUT2D eigenvalue weighted by atomic mass is 10.00. The molecule has 1 heterocycles. The summed E-state index contributed by atoms with van der Waals surface area (Å²) < 4.78 is 5.48. The molecule has 6 heteroatoms. The zero-order valence-electron chi connectivity index (χ0n) is 9.36. The van der Waals surface area contributed by atoms with Gasteiger partial charge in [0.25, 0.3) is 0 Å². The summed E-state index contributed by atoms with van der Waals surface area (Å²) in [7, 11) is 0. The van der Waals surface area contributed by atoms with E-state index in [-0.39, 0.29) is 12.6 Å². The van der Waals surface area contributed by atoms with E-state index in [0.29, 0.717) is 12.5 Å². The van der Waals surface area contributed by atoms with Crippen molar-refractivity contribution in [1.82, 2.24) is 10.6 Å². The highest BCUT2D eigenvalue weighted by atomic mass is 16.5. The van der Waals surface area contributed by atoms with Gasteiger partial charge in [-0.1, -0.05) is 6.92 Å². The largest absolute Gasteiger partial charge is 0.480 e. The molecule has 1 rings (SSSR count). The van der Waals surface area contributed by atoms with Gasteiger partial charge in [0, 0.05) is 19.1 Å². The van der Waals surface area contributed by atoms with Crippen LogP contribution in [0.4, 0.5) is 4.79 Å². The number of carboxylic acid groups (broad SMARTS) is 1. The van der Waals surface area contributed by atoms with E-state index >= 15 is 0 Å². The Hall–Kier alpha value is -1.30. The monoisotopic (exact) mass is 230 g/mol. The lowest BCUT2D eigenvalue weighted by Crippen LogP contribution is -2.41. The van der Waals surface area contributed by atoms with Crippen molar-refractivity contribution in [1.29, 1.82) is 0 Å². The Morgan fingerprint density at radius 1 is 1.44 bits per heavy atom. The average molecular weight is 230 g/mol. The summed E-state index contributed by atoms with van der Waals surface area (Å²) in [6, 6.07) is -0.441. The number of hydrogen-bond donors (Lipinski definition) is 3. The Morgan fingerprint density at radius 3 is 2.81 bits per heavy atom. The molecule has 0 aliphatic carbocycles. The molecule has 0 saturated carbocycles. The second kappa shape index (κ2) is 6.32. The second-order valence-electron chi connectivity index (χ2n) is 3.82. The number of carboxylic acids is 1. The summed E-state index contributed by atoms with van der Waals surface area (Å²) >= 11 is 0. The molecule has 0 radical (unpaired) electrons. The van der Waals surface area contributed by atoms with Gasteiger partial charge in [-0.2, -0.15) is 0 Å². The highest BCUT2D eigenvalue weighted by Gasteiger charge is 2.26. The van der Waals surface area contributed by atoms with Crippen LogP contribution in [-0.4, -0.2) is 42.9 Å². The summed E-state index contributed by atoms with van der Waals surface area (Å²) in [6.45, 7) is 2.96. The van der Waals surface area contributed by atoms with Crippen LogP contribution in [0.1, 0.15) is 19.8 Å². The first-order chi connectivity index (χ1) is 7.63. The zero-order chi connectivity index (χ0) is 12.0. The molecule has 2 amide bonds. The van der Waals surface area contributed by atoms with Crippen molar-refractivity contribution < 1.29 is 19.4 Å². The van der Waals surface area contributed by atoms with E-state index in [1.165, 1.54) is 0 Å². The predicted octanol–water partition coefficient (Wildman–Crippen LogP) is 0.185. The SMILES string of the molecule is CCC1OCCC1CNC(=O)NCC(=O)O. The zero-order valence-corrected chi connectivity index (χ0v) is 9.36. The third kappa shape index (κ3) is 4.06. The number of urea groups is 1. The van der Waals surface area contributed by atoms with Crippen LogP contribution in [0.3, 0.4) is 0 Å². The fraction of sp³-hybridized carbons (Fsp3) is 0.800. The number of carbonyl (C=O) groups is 2. The minimum Gasteiger partial charge on any atom is -0.480 e. The third-order valence-corrected chi connectivity index (χ3v) is 2.67. The Morgan fingerprint density at radius 2 is 2.19 bits per heavy atom. The highest BCUT2D eigenvalue weighted by molar-refractivity contribution is 5.79. The average Bonchev–Trinajstić information content (AvgIpc) is 2.70. The molecule has 0 aromatic carbocycles. The fourth-order valence-electron chi connectivity index (χ4n) is 1.82. The van der Waals surface area contributed by atoms with E-state index in [0.717, 1.165) is 19.4 Å². The van der Waals surface area contributed by atoms with Crippen LogP contribution < -0.4 is 10.6 Å². The number of nitrogens with one attached hydrogen (secondary N) is 2. The predicted molar refractivity (Wildman–Crippen MR) is 57.2 cm³/mol. The molecule has 3 N–H and O–H groups in total. The molecular weight excluding hydrogens is 212 g/mol. The topological polar surface area (TPSA) is 87.7 Å². The van der Waals surface area contributed by atoms with Crippen molar-refractivity contribution in [2.75, 3.05) is 19.7 Å². The summed E-state index contributed by atoms with van der Waals surface area (Å²) in [5.74, 6) is -0.716. The van der Waals surface area contributed by atoms with Crippen LogP contribution in [0, 0.1) is 5.92 Å². The number of carbonyl (C=O) groups excluding carboxylic acids is 1. The van der Waals surface area contributed by atoms with Crippen LogP contribution in [-0.2, 0) is 9.53 Å². The van der Waals surface area contributed by atoms with E-state index in [2.05, 4.69) is 10.6 Å². The number of hydrogen-bond acceptors (Lipinski definition) is 3. The Bertz CT molecular complexity index is 257. The normalized spacial score (nSPS) is 24.1. The molecule has 0 aromatic heterocycles. The third-order valence-electron chi connectivity index (χ3n) is 2.67. The van der Waals surface area contributed by atoms with Gasteiger partial charge in [-0.05, 0) is 12.8 Å². The van der Waals surface area contributed by atoms with E-state index in [4.69, 9.17) is 9.84 Å². The van der Waals surface area contributed by atoms with Gasteiger partial charge >= 0.3 is 12.0 Å². The summed E-state index contributed by atoms with van der Waals surface area (Å²) in [5, 5.41) is 13.3. The molecule has 2 unspecified atom stereocenters. The van der Waals surface area contributed by atoms with Gasteiger partial charge in [0.1, 0.15) is 6.54 Å². The van der Waals surface area contributed by atoms with Gasteiger partial charge in [0.15, 0.2) is 0 Å². The minimum atomic E-state index is -1.05. The number of ether oxygens (including phenoxy) is 1. The fourth-order valence-corrected chi connectivity index (χ4v) is 1.82. The Balaban J connectivity index is 2.18. The summed E-state index contributed by atoms with van der Waals surface area (Å²) in [4.78, 5) is 21.4. The molecule has 6 nitrogen and oxygen atoms in total. The molecule has 1 saturated heterocycles. The van der Waals surface area contributed by atoms with Crippen molar-refractivity contribution in [3.63, 3.8) is 0 Å². The molecule has 92 valence electrons. The van der Waals surface area contributed by atoms with Gasteiger partial charge in [-0.15, -0.1) is 0 Å². The Labute approximate surface area is 94.3 Å². The van der Waals surface area contributed by atoms with Crippen molar-refractivity contribution in [3.8, 4) is 0 Å². The van der Waals surface area contributed by atoms with E-state index in [1.807, 2.05) is 6.92 Å². The minimum absolute atomic E-state index is 0.208. The van der Waals surface area contributed by atoms with Crippen LogP contribution in [0.25, 0.3) is 0 Å². The molecule has 0 bridgehead atoms. The maximum Gasteiger partial charge on any atom is 0.323 e. The lowest BCUT2D eigenvalue weighted by molar-refractivity contribution is -0.135. The molecule has 1 aliphatic rings. The lowest BCUT2D eigenvalue weighted by Gasteiger charge is -2.17. The maximum atomic E-state index is 11.2. The molecule has 0 spiro atoms. The van der Waals surface area contributed by atoms with Crippen LogP contribution in [0.2, 0.25) is 0 Å². The van der Waals surface area contributed by atoms with Crippen LogP contribution >= 0.6 is 0 Å². The quantitative estimate of drug-likeness (QED) is 0.629. The first-order valence-corrected chi connectivity index (χ1v) is 5.48. The van der Waals surface area contributed by atoms with E-state index in [9.17, 15) is 9.59 Å².